The van der Waals surface area contributed by atoms with Gasteiger partial charge in [0.1, 0.15) is 5.75 Å². The average Bonchev–Trinajstić information content (AvgIpc) is 2.80. The number of ether oxygens (including phenoxy) is 1. The molecule has 0 spiro atoms. The van der Waals surface area contributed by atoms with Crippen LogP contribution in [-0.4, -0.2) is 36.5 Å². The van der Waals surface area contributed by atoms with Crippen LogP contribution in [0.25, 0.3) is 0 Å². The van der Waals surface area contributed by atoms with Crippen LogP contribution in [0.3, 0.4) is 0 Å². The van der Waals surface area contributed by atoms with Crippen LogP contribution in [0.5, 0.6) is 5.75 Å². The monoisotopic (exact) mass is 487 g/mol. The van der Waals surface area contributed by atoms with Crippen molar-refractivity contribution in [2.24, 2.45) is 5.41 Å². The molecule has 0 aromatic heterocycles. The maximum Gasteiger partial charge on any atom is 0.225 e. The van der Waals surface area contributed by atoms with Gasteiger partial charge < -0.3 is 10.1 Å². The quantitative estimate of drug-likeness (QED) is 0.451. The summed E-state index contributed by atoms with van der Waals surface area (Å²) in [6, 6.07) is 15.3. The number of carbonyl (C=O) groups is 1. The van der Waals surface area contributed by atoms with E-state index in [2.05, 4.69) is 22.4 Å². The molecule has 0 atom stereocenters. The summed E-state index contributed by atoms with van der Waals surface area (Å²) < 4.78 is 5.75. The van der Waals surface area contributed by atoms with Crippen LogP contribution < -0.4 is 10.1 Å². The van der Waals surface area contributed by atoms with Crippen LogP contribution in [0, 0.1) is 16.7 Å². The van der Waals surface area contributed by atoms with Gasteiger partial charge in [0, 0.05) is 42.2 Å². The average molecular weight is 488 g/mol. The summed E-state index contributed by atoms with van der Waals surface area (Å²) >= 11 is 12.1. The molecule has 1 heterocycles. The van der Waals surface area contributed by atoms with E-state index in [0.29, 0.717) is 34.4 Å². The number of nitrogens with one attached hydrogen (secondary N) is 1. The maximum absolute atomic E-state index is 12.9. The van der Waals surface area contributed by atoms with Crippen LogP contribution in [-0.2, 0) is 11.3 Å². The van der Waals surface area contributed by atoms with E-state index in [1.54, 1.807) is 18.2 Å². The molecule has 1 aliphatic rings. The molecule has 3 rings (SSSR count). The van der Waals surface area contributed by atoms with Gasteiger partial charge in [0.2, 0.25) is 5.91 Å². The molecule has 1 amide bonds. The number of halogens is 2. The number of rotatable bonds is 9. The Morgan fingerprint density at radius 2 is 1.97 bits per heavy atom. The van der Waals surface area contributed by atoms with Crippen molar-refractivity contribution >= 4 is 29.1 Å². The third kappa shape index (κ3) is 7.64. The molecule has 1 fully saturated rings. The third-order valence-corrected chi connectivity index (χ3v) is 6.64. The second kappa shape index (κ2) is 11.7. The Morgan fingerprint density at radius 3 is 2.70 bits per heavy atom. The van der Waals surface area contributed by atoms with E-state index >= 15 is 0 Å². The summed E-state index contributed by atoms with van der Waals surface area (Å²) in [4.78, 5) is 15.3. The Bertz CT molecular complexity index is 995. The lowest BCUT2D eigenvalue weighted by Crippen LogP contribution is -2.48. The number of benzene rings is 2. The van der Waals surface area contributed by atoms with E-state index in [1.807, 2.05) is 32.0 Å². The fourth-order valence-electron chi connectivity index (χ4n) is 4.01. The van der Waals surface area contributed by atoms with E-state index < -0.39 is 5.41 Å². The number of nitriles is 1. The van der Waals surface area contributed by atoms with E-state index in [-0.39, 0.29) is 11.9 Å². The number of carbonyl (C=O) groups excluding carboxylic acids is 1. The number of likely N-dealkylation sites (tertiary alicyclic amines) is 1. The van der Waals surface area contributed by atoms with Gasteiger partial charge in [0.15, 0.2) is 0 Å². The summed E-state index contributed by atoms with van der Waals surface area (Å²) in [6.45, 7) is 7.12. The van der Waals surface area contributed by atoms with Crippen molar-refractivity contribution in [1.29, 1.82) is 5.26 Å². The van der Waals surface area contributed by atoms with Crippen molar-refractivity contribution < 1.29 is 9.53 Å². The lowest BCUT2D eigenvalue weighted by molar-refractivity contribution is -0.130. The molecule has 7 heteroatoms. The van der Waals surface area contributed by atoms with E-state index in [4.69, 9.17) is 33.2 Å². The summed E-state index contributed by atoms with van der Waals surface area (Å²) in [5.41, 5.74) is 1.37. The minimum Gasteiger partial charge on any atom is -0.492 e. The molecular formula is C26H31Cl2N3O2. The van der Waals surface area contributed by atoms with E-state index in [0.717, 1.165) is 44.5 Å². The van der Waals surface area contributed by atoms with Gasteiger partial charge in [-0.1, -0.05) is 49.2 Å². The third-order valence-electron chi connectivity index (χ3n) is 6.10. The zero-order valence-corrected chi connectivity index (χ0v) is 20.8. The summed E-state index contributed by atoms with van der Waals surface area (Å²) in [5.74, 6) is 0.654. The van der Waals surface area contributed by atoms with Crippen LogP contribution >= 0.6 is 23.2 Å². The highest BCUT2D eigenvalue weighted by Crippen LogP contribution is 2.29. The maximum atomic E-state index is 12.9. The molecular weight excluding hydrogens is 457 g/mol. The van der Waals surface area contributed by atoms with Gasteiger partial charge in [-0.15, -0.1) is 0 Å². The minimum absolute atomic E-state index is 0.0865. The summed E-state index contributed by atoms with van der Waals surface area (Å²) in [7, 11) is 0. The first-order valence-electron chi connectivity index (χ1n) is 11.4. The smallest absolute Gasteiger partial charge is 0.225 e. The zero-order chi connectivity index (χ0) is 23.8. The molecule has 176 valence electrons. The molecule has 1 saturated heterocycles. The second-order valence-corrected chi connectivity index (χ2v) is 10.1. The number of hydrogen-bond acceptors (Lipinski definition) is 4. The van der Waals surface area contributed by atoms with Crippen molar-refractivity contribution in [3.8, 4) is 11.8 Å². The van der Waals surface area contributed by atoms with Gasteiger partial charge >= 0.3 is 0 Å². The molecule has 0 aliphatic carbocycles. The van der Waals surface area contributed by atoms with Gasteiger partial charge in [-0.3, -0.25) is 9.69 Å². The van der Waals surface area contributed by atoms with Crippen LogP contribution in [0.2, 0.25) is 10.0 Å². The fraction of sp³-hybridized carbons (Fsp3) is 0.462. The Kier molecular flexibility index (Phi) is 9.02. The number of nitrogens with zero attached hydrogens (tertiary/aromatic N) is 2. The van der Waals surface area contributed by atoms with Crippen molar-refractivity contribution in [1.82, 2.24) is 10.2 Å². The predicted octanol–water partition coefficient (Wildman–Crippen LogP) is 5.83. The Balaban J connectivity index is 1.39. The second-order valence-electron chi connectivity index (χ2n) is 9.25. The van der Waals surface area contributed by atoms with E-state index in [1.165, 1.54) is 0 Å². The van der Waals surface area contributed by atoms with Gasteiger partial charge in [-0.2, -0.15) is 5.26 Å². The number of hydrogen-bond donors (Lipinski definition) is 1. The molecule has 33 heavy (non-hydrogen) atoms. The van der Waals surface area contributed by atoms with Crippen LogP contribution in [0.1, 0.15) is 50.7 Å². The minimum atomic E-state index is -0.476. The van der Waals surface area contributed by atoms with Gasteiger partial charge in [0.25, 0.3) is 0 Å². The zero-order valence-electron chi connectivity index (χ0n) is 19.2. The molecule has 1 N–H and O–H groups in total. The van der Waals surface area contributed by atoms with Gasteiger partial charge in [-0.25, -0.2) is 0 Å². The number of amides is 1. The Morgan fingerprint density at radius 1 is 1.21 bits per heavy atom. The molecule has 5 nitrogen and oxygen atoms in total. The first-order valence-corrected chi connectivity index (χ1v) is 12.1. The molecule has 0 radical (unpaired) electrons. The van der Waals surface area contributed by atoms with Crippen LogP contribution in [0.15, 0.2) is 42.5 Å². The standard InChI is InChI=1S/C26H31Cl2N3O2/c1-26(2,11-4-14-33-24-16-21(27)7-8-23(24)28)25(32)30-22-9-12-31(13-10-22)18-20-6-3-5-19(15-20)17-29/h3,5-8,15-16,22H,4,9-14,18H2,1-2H3,(H,30,32). The van der Waals surface area contributed by atoms with Crippen molar-refractivity contribution in [2.75, 3.05) is 19.7 Å². The van der Waals surface area contributed by atoms with Crippen molar-refractivity contribution in [3.05, 3.63) is 63.6 Å². The number of piperidine rings is 1. The Labute approximate surface area is 206 Å². The SMILES string of the molecule is CC(C)(CCCOc1cc(Cl)ccc1Cl)C(=O)NC1CCN(Cc2cccc(C#N)c2)CC1. The lowest BCUT2D eigenvalue weighted by Gasteiger charge is -2.34. The van der Waals surface area contributed by atoms with Crippen molar-refractivity contribution in [2.45, 2.75) is 52.1 Å². The van der Waals surface area contributed by atoms with Gasteiger partial charge in [0.05, 0.1) is 23.3 Å². The van der Waals surface area contributed by atoms with E-state index in [9.17, 15) is 4.79 Å². The molecule has 2 aromatic rings. The first-order chi connectivity index (χ1) is 15.8. The van der Waals surface area contributed by atoms with Crippen molar-refractivity contribution in [3.63, 3.8) is 0 Å². The molecule has 0 saturated carbocycles. The first kappa shape index (κ1) is 25.4. The molecule has 0 unspecified atom stereocenters. The highest BCUT2D eigenvalue weighted by atomic mass is 35.5. The summed E-state index contributed by atoms with van der Waals surface area (Å²) in [5, 5.41) is 13.4. The predicted molar refractivity (Wildman–Crippen MR) is 133 cm³/mol. The highest BCUT2D eigenvalue weighted by molar-refractivity contribution is 6.34. The van der Waals surface area contributed by atoms with Gasteiger partial charge in [-0.05, 0) is 55.5 Å². The fourth-order valence-corrected chi connectivity index (χ4v) is 4.35. The summed E-state index contributed by atoms with van der Waals surface area (Å²) in [6.07, 6.45) is 3.31. The molecule has 2 aromatic carbocycles. The largest absolute Gasteiger partial charge is 0.492 e. The van der Waals surface area contributed by atoms with Crippen LogP contribution in [0.4, 0.5) is 0 Å². The lowest BCUT2D eigenvalue weighted by atomic mass is 9.86. The molecule has 1 aliphatic heterocycles. The topological polar surface area (TPSA) is 65.4 Å². The molecule has 0 bridgehead atoms. The highest BCUT2D eigenvalue weighted by Gasteiger charge is 2.30. The Hall–Kier alpha value is -2.26. The normalized spacial score (nSPS) is 15.1.